The SMILES string of the molecule is CCOC(C[C@H](c1ccc2c(c1)OCO2)[C@@H](C)N)OCC. The van der Waals surface area contributed by atoms with Gasteiger partial charge in [0.05, 0.1) is 0 Å². The van der Waals surface area contributed by atoms with E-state index in [1.165, 1.54) is 0 Å². The van der Waals surface area contributed by atoms with Crippen LogP contribution in [0.5, 0.6) is 11.5 Å². The third-order valence-electron chi connectivity index (χ3n) is 3.61. The molecular formula is C16H25NO4. The van der Waals surface area contributed by atoms with Crippen molar-refractivity contribution in [3.63, 3.8) is 0 Å². The zero-order valence-electron chi connectivity index (χ0n) is 13.0. The van der Waals surface area contributed by atoms with Crippen molar-refractivity contribution in [1.29, 1.82) is 0 Å². The highest BCUT2D eigenvalue weighted by Gasteiger charge is 2.24. The molecule has 0 bridgehead atoms. The Kier molecular flexibility index (Phi) is 5.85. The van der Waals surface area contributed by atoms with Gasteiger partial charge in [0.1, 0.15) is 0 Å². The molecule has 1 heterocycles. The van der Waals surface area contributed by atoms with Crippen LogP contribution in [0.15, 0.2) is 18.2 Å². The predicted molar refractivity (Wildman–Crippen MR) is 80.6 cm³/mol. The Labute approximate surface area is 126 Å². The van der Waals surface area contributed by atoms with Gasteiger partial charge in [-0.15, -0.1) is 0 Å². The largest absolute Gasteiger partial charge is 0.454 e. The molecule has 2 atom stereocenters. The van der Waals surface area contributed by atoms with Crippen LogP contribution < -0.4 is 15.2 Å². The molecule has 1 aliphatic rings. The fourth-order valence-electron chi connectivity index (χ4n) is 2.56. The van der Waals surface area contributed by atoms with Gasteiger partial charge in [-0.2, -0.15) is 0 Å². The van der Waals surface area contributed by atoms with Gasteiger partial charge in [-0.1, -0.05) is 6.07 Å². The maximum Gasteiger partial charge on any atom is 0.231 e. The second-order valence-electron chi connectivity index (χ2n) is 5.15. The highest BCUT2D eigenvalue weighted by Crippen LogP contribution is 2.36. The molecule has 0 radical (unpaired) electrons. The Morgan fingerprint density at radius 2 is 1.81 bits per heavy atom. The fraction of sp³-hybridized carbons (Fsp3) is 0.625. The Balaban J connectivity index is 2.14. The van der Waals surface area contributed by atoms with Crippen LogP contribution in [-0.2, 0) is 9.47 Å². The molecule has 1 aromatic carbocycles. The van der Waals surface area contributed by atoms with E-state index >= 15 is 0 Å². The lowest BCUT2D eigenvalue weighted by molar-refractivity contribution is -0.142. The van der Waals surface area contributed by atoms with Gasteiger partial charge in [-0.25, -0.2) is 0 Å². The number of benzene rings is 1. The van der Waals surface area contributed by atoms with Crippen LogP contribution in [-0.4, -0.2) is 32.3 Å². The van der Waals surface area contributed by atoms with E-state index < -0.39 is 0 Å². The van der Waals surface area contributed by atoms with E-state index in [1.54, 1.807) is 0 Å². The monoisotopic (exact) mass is 295 g/mol. The second-order valence-corrected chi connectivity index (χ2v) is 5.15. The number of fused-ring (bicyclic) bond motifs is 1. The van der Waals surface area contributed by atoms with Gasteiger partial charge < -0.3 is 24.7 Å². The molecule has 0 saturated heterocycles. The van der Waals surface area contributed by atoms with Gasteiger partial charge in [0.15, 0.2) is 17.8 Å². The molecule has 2 N–H and O–H groups in total. The summed E-state index contributed by atoms with van der Waals surface area (Å²) in [5, 5.41) is 0. The van der Waals surface area contributed by atoms with Gasteiger partial charge in [-0.05, 0) is 38.5 Å². The van der Waals surface area contributed by atoms with Crippen LogP contribution in [0.4, 0.5) is 0 Å². The minimum Gasteiger partial charge on any atom is -0.454 e. The van der Waals surface area contributed by atoms with Crippen LogP contribution in [0.1, 0.15) is 38.7 Å². The summed E-state index contributed by atoms with van der Waals surface area (Å²) in [7, 11) is 0. The quantitative estimate of drug-likeness (QED) is 0.747. The van der Waals surface area contributed by atoms with Gasteiger partial charge in [-0.3, -0.25) is 0 Å². The van der Waals surface area contributed by atoms with E-state index in [-0.39, 0.29) is 25.0 Å². The summed E-state index contributed by atoms with van der Waals surface area (Å²) in [5.74, 6) is 1.71. The molecule has 2 rings (SSSR count). The Morgan fingerprint density at radius 3 is 2.43 bits per heavy atom. The molecular weight excluding hydrogens is 270 g/mol. The van der Waals surface area contributed by atoms with Crippen molar-refractivity contribution in [3.05, 3.63) is 23.8 Å². The highest BCUT2D eigenvalue weighted by atomic mass is 16.7. The summed E-state index contributed by atoms with van der Waals surface area (Å²) < 4.78 is 22.1. The van der Waals surface area contributed by atoms with Crippen LogP contribution in [0.3, 0.4) is 0 Å². The molecule has 0 aromatic heterocycles. The number of nitrogens with two attached hydrogens (primary N) is 1. The van der Waals surface area contributed by atoms with E-state index in [0.29, 0.717) is 13.2 Å². The summed E-state index contributed by atoms with van der Waals surface area (Å²) in [4.78, 5) is 0. The zero-order valence-corrected chi connectivity index (χ0v) is 13.0. The topological polar surface area (TPSA) is 62.9 Å². The average Bonchev–Trinajstić information content (AvgIpc) is 2.92. The van der Waals surface area contributed by atoms with Crippen molar-refractivity contribution in [3.8, 4) is 11.5 Å². The van der Waals surface area contributed by atoms with E-state index in [4.69, 9.17) is 24.7 Å². The third kappa shape index (κ3) is 4.09. The molecule has 21 heavy (non-hydrogen) atoms. The molecule has 0 unspecified atom stereocenters. The molecule has 1 aromatic rings. The fourth-order valence-corrected chi connectivity index (χ4v) is 2.56. The summed E-state index contributed by atoms with van der Waals surface area (Å²) in [6, 6.07) is 5.97. The first-order chi connectivity index (χ1) is 10.2. The lowest BCUT2D eigenvalue weighted by Crippen LogP contribution is -2.30. The van der Waals surface area contributed by atoms with Crippen molar-refractivity contribution in [2.75, 3.05) is 20.0 Å². The first-order valence-corrected chi connectivity index (χ1v) is 7.54. The molecule has 5 nitrogen and oxygen atoms in total. The minimum absolute atomic E-state index is 0.00576. The molecule has 118 valence electrons. The second kappa shape index (κ2) is 7.64. The lowest BCUT2D eigenvalue weighted by atomic mass is 9.89. The number of rotatable bonds is 8. The minimum atomic E-state index is -0.235. The standard InChI is InChI=1S/C16H25NO4/c1-4-18-16(19-5-2)9-13(11(3)17)12-6-7-14-15(8-12)21-10-20-14/h6-8,11,13,16H,4-5,9-10,17H2,1-3H3/t11-,13+/m1/s1. The average molecular weight is 295 g/mol. The van der Waals surface area contributed by atoms with Crippen LogP contribution in [0.2, 0.25) is 0 Å². The third-order valence-corrected chi connectivity index (χ3v) is 3.61. The first-order valence-electron chi connectivity index (χ1n) is 7.54. The summed E-state index contributed by atoms with van der Waals surface area (Å²) >= 11 is 0. The van der Waals surface area contributed by atoms with Gasteiger partial charge in [0.25, 0.3) is 0 Å². The Morgan fingerprint density at radius 1 is 1.14 bits per heavy atom. The van der Waals surface area contributed by atoms with E-state index in [2.05, 4.69) is 0 Å². The highest BCUT2D eigenvalue weighted by molar-refractivity contribution is 5.45. The van der Waals surface area contributed by atoms with E-state index in [0.717, 1.165) is 23.5 Å². The van der Waals surface area contributed by atoms with E-state index in [1.807, 2.05) is 39.0 Å². The van der Waals surface area contributed by atoms with Crippen LogP contribution in [0, 0.1) is 0 Å². The number of hydrogen-bond acceptors (Lipinski definition) is 5. The lowest BCUT2D eigenvalue weighted by Gasteiger charge is -2.26. The molecule has 0 saturated carbocycles. The summed E-state index contributed by atoms with van der Waals surface area (Å²) in [6.45, 7) is 7.46. The van der Waals surface area contributed by atoms with Crippen molar-refractivity contribution in [1.82, 2.24) is 0 Å². The predicted octanol–water partition coefficient (Wildman–Crippen LogP) is 2.64. The van der Waals surface area contributed by atoms with Gasteiger partial charge in [0, 0.05) is 31.6 Å². The number of ether oxygens (including phenoxy) is 4. The van der Waals surface area contributed by atoms with Crippen LogP contribution >= 0.6 is 0 Å². The first kappa shape index (κ1) is 16.1. The van der Waals surface area contributed by atoms with Crippen molar-refractivity contribution in [2.45, 2.75) is 45.4 Å². The van der Waals surface area contributed by atoms with Crippen molar-refractivity contribution in [2.24, 2.45) is 5.73 Å². The maximum atomic E-state index is 6.17. The van der Waals surface area contributed by atoms with Crippen molar-refractivity contribution < 1.29 is 18.9 Å². The smallest absolute Gasteiger partial charge is 0.231 e. The number of hydrogen-bond donors (Lipinski definition) is 1. The molecule has 0 fully saturated rings. The molecule has 0 spiro atoms. The Bertz CT molecular complexity index is 444. The Hall–Kier alpha value is -1.30. The van der Waals surface area contributed by atoms with Crippen LogP contribution in [0.25, 0.3) is 0 Å². The molecule has 0 aliphatic carbocycles. The molecule has 0 amide bonds. The molecule has 1 aliphatic heterocycles. The van der Waals surface area contributed by atoms with E-state index in [9.17, 15) is 0 Å². The summed E-state index contributed by atoms with van der Waals surface area (Å²) in [6.07, 6.45) is 0.486. The zero-order chi connectivity index (χ0) is 15.2. The van der Waals surface area contributed by atoms with Crippen molar-refractivity contribution >= 4 is 0 Å². The summed E-state index contributed by atoms with van der Waals surface area (Å²) in [5.41, 5.74) is 7.30. The van der Waals surface area contributed by atoms with Gasteiger partial charge in [0.2, 0.25) is 6.79 Å². The molecule has 5 heteroatoms. The normalized spacial score (nSPS) is 16.2. The maximum absolute atomic E-state index is 6.17. The van der Waals surface area contributed by atoms with Gasteiger partial charge >= 0.3 is 0 Å².